The summed E-state index contributed by atoms with van der Waals surface area (Å²) in [5.74, 6) is 0. The first-order valence-corrected chi connectivity index (χ1v) is 15.9. The zero-order chi connectivity index (χ0) is 28.1. The van der Waals surface area contributed by atoms with Crippen LogP contribution in [0.1, 0.15) is 58.1 Å². The summed E-state index contributed by atoms with van der Waals surface area (Å²) in [7, 11) is 4.44. The van der Waals surface area contributed by atoms with Gasteiger partial charge in [0.05, 0.1) is 6.04 Å². The Morgan fingerprint density at radius 1 is 0.825 bits per heavy atom. The largest absolute Gasteiger partial charge is 0.367 e. The molecule has 0 radical (unpaired) electrons. The smallest absolute Gasteiger partial charge is 0.0565 e. The van der Waals surface area contributed by atoms with Crippen LogP contribution in [0.15, 0.2) is 118 Å². The molecule has 2 unspecified atom stereocenters. The molecule has 0 saturated heterocycles. The van der Waals surface area contributed by atoms with E-state index < -0.39 is 0 Å². The Morgan fingerprint density at radius 3 is 2.25 bits per heavy atom. The van der Waals surface area contributed by atoms with Gasteiger partial charge in [-0.25, -0.2) is 0 Å². The lowest BCUT2D eigenvalue weighted by Crippen LogP contribution is -2.37. The van der Waals surface area contributed by atoms with Crippen LogP contribution in [-0.2, 0) is 10.8 Å². The van der Waals surface area contributed by atoms with Gasteiger partial charge < -0.3 is 9.80 Å². The monoisotopic (exact) mass is 546 g/mol. The van der Waals surface area contributed by atoms with E-state index in [0.29, 0.717) is 6.04 Å². The van der Waals surface area contributed by atoms with Gasteiger partial charge in [0.25, 0.3) is 0 Å². The van der Waals surface area contributed by atoms with E-state index in [-0.39, 0.29) is 21.3 Å². The third kappa shape index (κ3) is 4.39. The number of hydrogen-bond donors (Lipinski definition) is 0. The number of rotatable bonds is 4. The molecule has 40 heavy (non-hydrogen) atoms. The molecular formula is C37H42N2S. The predicted molar refractivity (Wildman–Crippen MR) is 178 cm³/mol. The molecule has 3 heteroatoms. The summed E-state index contributed by atoms with van der Waals surface area (Å²) in [6.07, 6.45) is 19.8. The highest BCUT2D eigenvalue weighted by atomic mass is 32.2. The molecule has 2 nitrogen and oxygen atoms in total. The van der Waals surface area contributed by atoms with Crippen molar-refractivity contribution in [3.63, 3.8) is 0 Å². The van der Waals surface area contributed by atoms with Crippen LogP contribution in [0, 0.1) is 0 Å². The van der Waals surface area contributed by atoms with Crippen molar-refractivity contribution in [3.05, 3.63) is 129 Å². The molecule has 206 valence electrons. The number of anilines is 2. The van der Waals surface area contributed by atoms with Gasteiger partial charge in [0, 0.05) is 46.9 Å². The van der Waals surface area contributed by atoms with E-state index in [4.69, 9.17) is 0 Å². The molecule has 3 heterocycles. The molecule has 0 aromatic heterocycles. The van der Waals surface area contributed by atoms with E-state index in [9.17, 15) is 0 Å². The van der Waals surface area contributed by atoms with E-state index in [1.54, 1.807) is 0 Å². The van der Waals surface area contributed by atoms with Gasteiger partial charge in [0.15, 0.2) is 0 Å². The first kappa shape index (κ1) is 26.9. The molecule has 0 bridgehead atoms. The summed E-state index contributed by atoms with van der Waals surface area (Å²) in [5.41, 5.74) is 9.92. The van der Waals surface area contributed by atoms with Crippen LogP contribution < -0.4 is 9.80 Å². The van der Waals surface area contributed by atoms with E-state index >= 15 is 0 Å². The third-order valence-electron chi connectivity index (χ3n) is 9.38. The summed E-state index contributed by atoms with van der Waals surface area (Å²) < 4.78 is 0. The average Bonchev–Trinajstić information content (AvgIpc) is 3.28. The Hall–Kier alpha value is -3.30. The SMILES string of the molecule is CN1/C(=C/C=C2\CCCC(/C=C/C3N(C)c4ccccc4C3(C)C)=C2S2=CC=CC=C2)C(C)(C)c2ccccc21. The molecule has 0 spiro atoms. The van der Waals surface area contributed by atoms with Crippen LogP contribution in [0.25, 0.3) is 0 Å². The van der Waals surface area contributed by atoms with Crippen molar-refractivity contribution >= 4 is 27.2 Å². The number of fused-ring (bicyclic) bond motifs is 2. The minimum atomic E-state index is -0.0218. The lowest BCUT2D eigenvalue weighted by atomic mass is 9.80. The predicted octanol–water partition coefficient (Wildman–Crippen LogP) is 9.17. The highest BCUT2D eigenvalue weighted by Crippen LogP contribution is 2.49. The summed E-state index contributed by atoms with van der Waals surface area (Å²) >= 11 is 0. The van der Waals surface area contributed by atoms with Gasteiger partial charge in [-0.2, -0.15) is 0 Å². The Labute approximate surface area is 243 Å². The molecule has 1 aliphatic carbocycles. The van der Waals surface area contributed by atoms with Gasteiger partial charge in [-0.15, -0.1) is 10.5 Å². The molecule has 6 rings (SSSR count). The number of allylic oxidation sites excluding steroid dienone is 9. The lowest BCUT2D eigenvalue weighted by molar-refractivity contribution is 0.487. The lowest BCUT2D eigenvalue weighted by Gasteiger charge is -2.30. The number of para-hydroxylation sites is 2. The van der Waals surface area contributed by atoms with Gasteiger partial charge in [-0.05, 0) is 70.5 Å². The van der Waals surface area contributed by atoms with E-state index in [0.717, 1.165) is 12.8 Å². The van der Waals surface area contributed by atoms with Gasteiger partial charge in [-0.1, -0.05) is 101 Å². The fourth-order valence-electron chi connectivity index (χ4n) is 7.21. The molecule has 0 saturated carbocycles. The summed E-state index contributed by atoms with van der Waals surface area (Å²) in [6.45, 7) is 9.49. The fraction of sp³-hybridized carbons (Fsp3) is 0.324. The maximum absolute atomic E-state index is 2.48. The van der Waals surface area contributed by atoms with Crippen molar-refractivity contribution in [3.8, 4) is 0 Å². The highest BCUT2D eigenvalue weighted by Gasteiger charge is 2.41. The van der Waals surface area contributed by atoms with Crippen LogP contribution in [0.3, 0.4) is 0 Å². The quantitative estimate of drug-likeness (QED) is 0.353. The Morgan fingerprint density at radius 2 is 1.55 bits per heavy atom. The van der Waals surface area contributed by atoms with E-state index in [1.807, 2.05) is 0 Å². The zero-order valence-corrected chi connectivity index (χ0v) is 25.6. The minimum Gasteiger partial charge on any atom is -0.367 e. The molecular weight excluding hydrogens is 504 g/mol. The Balaban J connectivity index is 1.40. The number of nitrogens with zero attached hydrogens (tertiary/aromatic N) is 2. The van der Waals surface area contributed by atoms with Crippen LogP contribution in [0.4, 0.5) is 11.4 Å². The van der Waals surface area contributed by atoms with Gasteiger partial charge in [0.1, 0.15) is 0 Å². The van der Waals surface area contributed by atoms with Crippen molar-refractivity contribution in [2.75, 3.05) is 23.9 Å². The van der Waals surface area contributed by atoms with Crippen LogP contribution >= 0.6 is 10.5 Å². The van der Waals surface area contributed by atoms with Gasteiger partial charge in [-0.3, -0.25) is 0 Å². The molecule has 0 N–H and O–H groups in total. The number of likely N-dealkylation sites (N-methyl/N-ethyl adjacent to an activating group) is 2. The molecule has 2 aromatic carbocycles. The third-order valence-corrected chi connectivity index (χ3v) is 11.3. The van der Waals surface area contributed by atoms with E-state index in [1.165, 1.54) is 50.7 Å². The zero-order valence-electron chi connectivity index (χ0n) is 24.8. The molecule has 0 fully saturated rings. The summed E-state index contributed by atoms with van der Waals surface area (Å²) in [6, 6.07) is 18.1. The van der Waals surface area contributed by atoms with Crippen LogP contribution in [0.5, 0.6) is 0 Å². The van der Waals surface area contributed by atoms with Crippen molar-refractivity contribution in [1.82, 2.24) is 0 Å². The maximum Gasteiger partial charge on any atom is 0.0565 e. The molecule has 3 aliphatic heterocycles. The Kier molecular flexibility index (Phi) is 6.91. The van der Waals surface area contributed by atoms with Crippen molar-refractivity contribution in [2.24, 2.45) is 0 Å². The summed E-state index contributed by atoms with van der Waals surface area (Å²) in [4.78, 5) is 6.36. The molecule has 2 aromatic rings. The topological polar surface area (TPSA) is 6.48 Å². The Bertz CT molecular complexity index is 1560. The first-order chi connectivity index (χ1) is 19.2. The van der Waals surface area contributed by atoms with Crippen molar-refractivity contribution < 1.29 is 0 Å². The second-order valence-corrected chi connectivity index (χ2v) is 14.2. The number of hydrogen-bond acceptors (Lipinski definition) is 2. The molecule has 2 atom stereocenters. The number of benzene rings is 2. The normalized spacial score (nSPS) is 26.6. The van der Waals surface area contributed by atoms with Gasteiger partial charge >= 0.3 is 0 Å². The second-order valence-electron chi connectivity index (χ2n) is 12.5. The van der Waals surface area contributed by atoms with Crippen LogP contribution in [-0.4, -0.2) is 25.5 Å². The van der Waals surface area contributed by atoms with Gasteiger partial charge in [0.2, 0.25) is 0 Å². The van der Waals surface area contributed by atoms with Crippen molar-refractivity contribution in [1.29, 1.82) is 0 Å². The fourth-order valence-corrected chi connectivity index (χ4v) is 9.04. The minimum absolute atomic E-state index is 0.0147. The second kappa shape index (κ2) is 10.3. The molecule has 4 aliphatic rings. The van der Waals surface area contributed by atoms with Crippen molar-refractivity contribution in [2.45, 2.75) is 63.8 Å². The van der Waals surface area contributed by atoms with Crippen LogP contribution in [0.2, 0.25) is 0 Å². The maximum atomic E-state index is 2.48. The first-order valence-electron chi connectivity index (χ1n) is 14.6. The van der Waals surface area contributed by atoms with E-state index in [2.05, 4.69) is 153 Å². The molecule has 0 amide bonds. The highest BCUT2D eigenvalue weighted by molar-refractivity contribution is 8.21. The summed E-state index contributed by atoms with van der Waals surface area (Å²) in [5, 5.41) is 4.77. The average molecular weight is 547 g/mol. The standard InChI is InChI=1S/C37H42N2S/c1-36(2)29-17-8-10-19-31(29)38(5)33(36)23-21-27-15-14-16-28(35(27)40-25-12-7-13-26-40)22-24-34-37(3,4)30-18-9-11-20-32(30)39(34)6/h7-13,17-26,33H,14-16H2,1-6H3/b23-21+,28-22+,34-24+.